The molecular formula is C21H21ClF3N5O3. The van der Waals surface area contributed by atoms with Crippen LogP contribution in [0.5, 0.6) is 6.01 Å². The Bertz CT molecular complexity index is 1170. The third-order valence-corrected chi connectivity index (χ3v) is 6.17. The lowest BCUT2D eigenvalue weighted by Crippen LogP contribution is -2.40. The van der Waals surface area contributed by atoms with E-state index in [1.165, 1.54) is 7.11 Å². The number of benzene rings is 1. The lowest BCUT2D eigenvalue weighted by molar-refractivity contribution is -0.145. The van der Waals surface area contributed by atoms with Gasteiger partial charge in [-0.2, -0.15) is 28.1 Å². The maximum atomic E-state index is 13.5. The van der Waals surface area contributed by atoms with Gasteiger partial charge in [-0.05, 0) is 36.6 Å². The maximum Gasteiger partial charge on any atom is 0.451 e. The number of nitrogens with zero attached hydrogens (tertiary/aromatic N) is 4. The van der Waals surface area contributed by atoms with Gasteiger partial charge in [0.05, 0.1) is 26.4 Å². The van der Waals surface area contributed by atoms with Crippen molar-refractivity contribution in [2.75, 3.05) is 38.6 Å². The number of halogens is 4. The lowest BCUT2D eigenvalue weighted by atomic mass is 9.91. The summed E-state index contributed by atoms with van der Waals surface area (Å²) in [6.45, 7) is 1.65. The van der Waals surface area contributed by atoms with Crippen molar-refractivity contribution >= 4 is 28.5 Å². The summed E-state index contributed by atoms with van der Waals surface area (Å²) >= 11 is 6.22. The standard InChI is InChI=1S/C21H21ClF3N5O3/c1-31-20-28-18(21(23,24)25)27-19(29-20)30-5-4-13-14-7-12(22)2-3-15(14)26-17(13)16(30)6-11-8-32-10-33-9-11/h2-3,7,11,16,26H,4-6,8-10H2,1H3/t16-/m0/s1. The zero-order valence-electron chi connectivity index (χ0n) is 17.7. The fraction of sp³-hybridized carbons (Fsp3) is 0.476. The third-order valence-electron chi connectivity index (χ3n) is 5.94. The summed E-state index contributed by atoms with van der Waals surface area (Å²) in [5, 5.41) is 1.62. The average Bonchev–Trinajstić information content (AvgIpc) is 3.17. The van der Waals surface area contributed by atoms with Gasteiger partial charge in [-0.1, -0.05) is 11.6 Å². The Kier molecular flexibility index (Phi) is 5.79. The molecule has 8 nitrogen and oxygen atoms in total. The van der Waals surface area contributed by atoms with Crippen LogP contribution in [0, 0.1) is 5.92 Å². The molecule has 12 heteroatoms. The highest BCUT2D eigenvalue weighted by Gasteiger charge is 2.39. The number of alkyl halides is 3. The number of aromatic nitrogens is 4. The van der Waals surface area contributed by atoms with E-state index < -0.39 is 12.0 Å². The number of H-pyrrole nitrogens is 1. The molecule has 33 heavy (non-hydrogen) atoms. The van der Waals surface area contributed by atoms with Crippen molar-refractivity contribution < 1.29 is 27.4 Å². The first-order chi connectivity index (χ1) is 15.8. The highest BCUT2D eigenvalue weighted by molar-refractivity contribution is 6.31. The Labute approximate surface area is 192 Å². The summed E-state index contributed by atoms with van der Waals surface area (Å²) in [4.78, 5) is 16.5. The minimum atomic E-state index is -4.73. The number of aromatic amines is 1. The van der Waals surface area contributed by atoms with Gasteiger partial charge in [-0.3, -0.25) is 0 Å². The van der Waals surface area contributed by atoms with Crippen LogP contribution in [0.3, 0.4) is 0 Å². The molecule has 3 aromatic rings. The molecule has 5 rings (SSSR count). The van der Waals surface area contributed by atoms with E-state index >= 15 is 0 Å². The van der Waals surface area contributed by atoms with Crippen molar-refractivity contribution in [2.45, 2.75) is 25.1 Å². The second-order valence-electron chi connectivity index (χ2n) is 8.07. The van der Waals surface area contributed by atoms with E-state index in [-0.39, 0.29) is 30.7 Å². The fourth-order valence-corrected chi connectivity index (χ4v) is 4.68. The number of nitrogens with one attached hydrogen (secondary N) is 1. The number of fused-ring (bicyclic) bond motifs is 3. The molecule has 1 fully saturated rings. The molecule has 0 bridgehead atoms. The van der Waals surface area contributed by atoms with E-state index in [9.17, 15) is 13.2 Å². The highest BCUT2D eigenvalue weighted by atomic mass is 35.5. The molecule has 0 unspecified atom stereocenters. The molecule has 4 heterocycles. The second-order valence-corrected chi connectivity index (χ2v) is 8.51. The number of hydrogen-bond donors (Lipinski definition) is 1. The first-order valence-corrected chi connectivity index (χ1v) is 10.8. The number of ether oxygens (including phenoxy) is 3. The Morgan fingerprint density at radius 1 is 1.21 bits per heavy atom. The van der Waals surface area contributed by atoms with Gasteiger partial charge in [0.1, 0.15) is 6.79 Å². The Morgan fingerprint density at radius 2 is 2.00 bits per heavy atom. The molecule has 2 aliphatic heterocycles. The lowest BCUT2D eigenvalue weighted by Gasteiger charge is -2.38. The molecule has 0 saturated carbocycles. The van der Waals surface area contributed by atoms with E-state index in [0.29, 0.717) is 37.6 Å². The quantitative estimate of drug-likeness (QED) is 0.596. The van der Waals surface area contributed by atoms with Gasteiger partial charge in [-0.25, -0.2) is 0 Å². The minimum Gasteiger partial charge on any atom is -0.467 e. The van der Waals surface area contributed by atoms with Gasteiger partial charge >= 0.3 is 12.2 Å². The van der Waals surface area contributed by atoms with Crippen LogP contribution in [0.1, 0.15) is 29.5 Å². The van der Waals surface area contributed by atoms with Gasteiger partial charge in [0, 0.05) is 34.1 Å². The number of anilines is 1. The van der Waals surface area contributed by atoms with Crippen LogP contribution >= 0.6 is 11.6 Å². The van der Waals surface area contributed by atoms with Gasteiger partial charge in [0.2, 0.25) is 11.8 Å². The molecule has 0 radical (unpaired) electrons. The van der Waals surface area contributed by atoms with Crippen LogP contribution < -0.4 is 9.64 Å². The van der Waals surface area contributed by atoms with E-state index in [0.717, 1.165) is 22.2 Å². The smallest absolute Gasteiger partial charge is 0.451 e. The number of hydrogen-bond acceptors (Lipinski definition) is 7. The largest absolute Gasteiger partial charge is 0.467 e. The average molecular weight is 484 g/mol. The van der Waals surface area contributed by atoms with Crippen molar-refractivity contribution in [3.05, 3.63) is 40.3 Å². The Morgan fingerprint density at radius 3 is 2.73 bits per heavy atom. The van der Waals surface area contributed by atoms with Crippen LogP contribution in [0.4, 0.5) is 19.1 Å². The van der Waals surface area contributed by atoms with Crippen molar-refractivity contribution in [1.82, 2.24) is 19.9 Å². The van der Waals surface area contributed by atoms with Crippen molar-refractivity contribution in [3.8, 4) is 6.01 Å². The first kappa shape index (κ1) is 22.2. The molecule has 1 aromatic carbocycles. The molecule has 2 aliphatic rings. The summed E-state index contributed by atoms with van der Waals surface area (Å²) in [5.74, 6) is -1.32. The summed E-state index contributed by atoms with van der Waals surface area (Å²) in [7, 11) is 1.23. The molecule has 0 spiro atoms. The zero-order chi connectivity index (χ0) is 23.2. The molecule has 0 amide bonds. The Balaban J connectivity index is 1.60. The molecule has 1 N–H and O–H groups in total. The summed E-state index contributed by atoms with van der Waals surface area (Å²) in [6.07, 6.45) is -3.58. The molecular weight excluding hydrogens is 463 g/mol. The van der Waals surface area contributed by atoms with Gasteiger partial charge in [0.15, 0.2) is 0 Å². The Hall–Kier alpha value is -2.63. The van der Waals surface area contributed by atoms with Crippen molar-refractivity contribution in [2.24, 2.45) is 5.92 Å². The van der Waals surface area contributed by atoms with Crippen LogP contribution in [-0.2, 0) is 22.1 Å². The van der Waals surface area contributed by atoms with E-state index in [4.69, 9.17) is 25.8 Å². The van der Waals surface area contributed by atoms with Crippen LogP contribution in [0.25, 0.3) is 10.9 Å². The maximum absolute atomic E-state index is 13.5. The van der Waals surface area contributed by atoms with E-state index in [1.54, 1.807) is 11.0 Å². The van der Waals surface area contributed by atoms with Gasteiger partial charge in [-0.15, -0.1) is 0 Å². The third kappa shape index (κ3) is 4.32. The number of rotatable bonds is 4. The van der Waals surface area contributed by atoms with E-state index in [1.807, 2.05) is 12.1 Å². The highest BCUT2D eigenvalue weighted by Crippen LogP contribution is 2.41. The molecule has 2 aromatic heterocycles. The van der Waals surface area contributed by atoms with Crippen molar-refractivity contribution in [1.29, 1.82) is 0 Å². The topological polar surface area (TPSA) is 85.4 Å². The SMILES string of the molecule is COc1nc(N2CCc3c([nH]c4ccc(Cl)cc34)[C@@H]2CC2COCOC2)nc(C(F)(F)F)n1. The zero-order valence-corrected chi connectivity index (χ0v) is 18.4. The van der Waals surface area contributed by atoms with Crippen LogP contribution in [0.2, 0.25) is 5.02 Å². The normalized spacial score (nSPS) is 19.7. The monoisotopic (exact) mass is 483 g/mol. The van der Waals surface area contributed by atoms with Gasteiger partial charge in [0.25, 0.3) is 0 Å². The van der Waals surface area contributed by atoms with Crippen LogP contribution in [0.15, 0.2) is 18.2 Å². The molecule has 1 saturated heterocycles. The van der Waals surface area contributed by atoms with Crippen molar-refractivity contribution in [3.63, 3.8) is 0 Å². The summed E-state index contributed by atoms with van der Waals surface area (Å²) < 4.78 is 56.2. The molecule has 0 aliphatic carbocycles. The summed E-state index contributed by atoms with van der Waals surface area (Å²) in [6, 6.07) is 4.89. The van der Waals surface area contributed by atoms with Crippen LogP contribution in [-0.4, -0.2) is 53.6 Å². The second kappa shape index (κ2) is 8.62. The van der Waals surface area contributed by atoms with Gasteiger partial charge < -0.3 is 24.1 Å². The minimum absolute atomic E-state index is 0.0537. The number of methoxy groups -OCH3 is 1. The molecule has 1 atom stereocenters. The van der Waals surface area contributed by atoms with E-state index in [2.05, 4.69) is 19.9 Å². The molecule has 176 valence electrons. The summed E-state index contributed by atoms with van der Waals surface area (Å²) in [5.41, 5.74) is 2.90. The fourth-order valence-electron chi connectivity index (χ4n) is 4.50. The first-order valence-electron chi connectivity index (χ1n) is 10.4. The predicted molar refractivity (Wildman–Crippen MR) is 113 cm³/mol. The predicted octanol–water partition coefficient (Wildman–Crippen LogP) is 4.15.